The molecule has 0 aliphatic heterocycles. The monoisotopic (exact) mass is 299 g/mol. The normalized spacial score (nSPS) is 10.7. The average molecular weight is 299 g/mol. The van der Waals surface area contributed by atoms with Gasteiger partial charge in [-0.15, -0.1) is 0 Å². The SMILES string of the molecule is CCNC(=O)COC(=O)/C=C/c1ccc(OC(F)F)cc1. The van der Waals surface area contributed by atoms with Crippen LogP contribution in [0.15, 0.2) is 30.3 Å². The highest BCUT2D eigenvalue weighted by atomic mass is 19.3. The summed E-state index contributed by atoms with van der Waals surface area (Å²) >= 11 is 0. The van der Waals surface area contributed by atoms with E-state index < -0.39 is 12.6 Å². The van der Waals surface area contributed by atoms with Crippen LogP contribution in [0.1, 0.15) is 12.5 Å². The van der Waals surface area contributed by atoms with E-state index in [1.807, 2.05) is 0 Å². The molecular weight excluding hydrogens is 284 g/mol. The summed E-state index contributed by atoms with van der Waals surface area (Å²) in [6, 6.07) is 5.72. The van der Waals surface area contributed by atoms with Crippen LogP contribution in [0.5, 0.6) is 5.75 Å². The molecule has 0 fully saturated rings. The standard InChI is InChI=1S/C14H15F2NO4/c1-2-17-12(18)9-20-13(19)8-5-10-3-6-11(7-4-10)21-14(15)16/h3-8,14H,2,9H2,1H3,(H,17,18)/b8-5+. The lowest BCUT2D eigenvalue weighted by molar-refractivity contribution is -0.143. The molecule has 0 saturated heterocycles. The number of alkyl halides is 2. The summed E-state index contributed by atoms with van der Waals surface area (Å²) in [6.45, 7) is -1.02. The van der Waals surface area contributed by atoms with Crippen molar-refractivity contribution in [3.63, 3.8) is 0 Å². The predicted molar refractivity (Wildman–Crippen MR) is 71.8 cm³/mol. The van der Waals surface area contributed by atoms with E-state index >= 15 is 0 Å². The van der Waals surface area contributed by atoms with E-state index in [4.69, 9.17) is 4.74 Å². The Morgan fingerprint density at radius 2 is 1.95 bits per heavy atom. The van der Waals surface area contributed by atoms with Crippen LogP contribution < -0.4 is 10.1 Å². The summed E-state index contributed by atoms with van der Waals surface area (Å²) < 4.78 is 32.8. The minimum Gasteiger partial charge on any atom is -0.452 e. The van der Waals surface area contributed by atoms with Gasteiger partial charge in [0.1, 0.15) is 5.75 Å². The van der Waals surface area contributed by atoms with Gasteiger partial charge in [0.25, 0.3) is 5.91 Å². The Bertz CT molecular complexity index is 500. The van der Waals surface area contributed by atoms with Gasteiger partial charge >= 0.3 is 12.6 Å². The van der Waals surface area contributed by atoms with Crippen molar-refractivity contribution >= 4 is 18.0 Å². The van der Waals surface area contributed by atoms with Gasteiger partial charge in [-0.05, 0) is 30.7 Å². The van der Waals surface area contributed by atoms with Crippen molar-refractivity contribution in [1.82, 2.24) is 5.32 Å². The maximum absolute atomic E-state index is 11.9. The van der Waals surface area contributed by atoms with Crippen LogP contribution in [0.25, 0.3) is 6.08 Å². The van der Waals surface area contributed by atoms with Gasteiger partial charge < -0.3 is 14.8 Å². The Labute approximate surface area is 120 Å². The van der Waals surface area contributed by atoms with E-state index in [0.717, 1.165) is 6.08 Å². The first-order valence-corrected chi connectivity index (χ1v) is 6.17. The Hall–Kier alpha value is -2.44. The lowest BCUT2D eigenvalue weighted by Gasteiger charge is -2.04. The molecular formula is C14H15F2NO4. The second kappa shape index (κ2) is 8.68. The van der Waals surface area contributed by atoms with Gasteiger partial charge in [0.05, 0.1) is 0 Å². The fourth-order valence-electron chi connectivity index (χ4n) is 1.36. The summed E-state index contributed by atoms with van der Waals surface area (Å²) in [5.74, 6) is -1.03. The molecule has 0 saturated carbocycles. The molecule has 1 aromatic rings. The zero-order valence-electron chi connectivity index (χ0n) is 11.3. The molecule has 0 aromatic heterocycles. The number of rotatable bonds is 7. The van der Waals surface area contributed by atoms with Crippen molar-refractivity contribution in [2.24, 2.45) is 0 Å². The number of benzene rings is 1. The fraction of sp³-hybridized carbons (Fsp3) is 0.286. The molecule has 7 heteroatoms. The minimum absolute atomic E-state index is 0.0287. The number of ether oxygens (including phenoxy) is 2. The number of esters is 1. The van der Waals surface area contributed by atoms with E-state index in [-0.39, 0.29) is 18.3 Å². The van der Waals surface area contributed by atoms with Crippen molar-refractivity contribution in [3.8, 4) is 5.75 Å². The van der Waals surface area contributed by atoms with Crippen molar-refractivity contribution in [1.29, 1.82) is 0 Å². The molecule has 0 spiro atoms. The molecule has 0 aliphatic carbocycles. The first-order valence-electron chi connectivity index (χ1n) is 6.17. The maximum Gasteiger partial charge on any atom is 0.387 e. The zero-order valence-corrected chi connectivity index (χ0v) is 11.3. The Kier molecular flexibility index (Phi) is 6.86. The number of hydrogen-bond acceptors (Lipinski definition) is 4. The molecule has 0 heterocycles. The molecule has 21 heavy (non-hydrogen) atoms. The fourth-order valence-corrected chi connectivity index (χ4v) is 1.36. The number of carbonyl (C=O) groups excluding carboxylic acids is 2. The molecule has 0 aliphatic rings. The number of hydrogen-bond donors (Lipinski definition) is 1. The number of likely N-dealkylation sites (N-methyl/N-ethyl adjacent to an activating group) is 1. The summed E-state index contributed by atoms with van der Waals surface area (Å²) in [4.78, 5) is 22.4. The van der Waals surface area contributed by atoms with Crippen LogP contribution in [-0.4, -0.2) is 31.6 Å². The van der Waals surface area contributed by atoms with Gasteiger partial charge in [0, 0.05) is 12.6 Å². The largest absolute Gasteiger partial charge is 0.452 e. The number of halogens is 2. The highest BCUT2D eigenvalue weighted by Crippen LogP contribution is 2.15. The molecule has 1 aromatic carbocycles. The van der Waals surface area contributed by atoms with Crippen LogP contribution in [0.2, 0.25) is 0 Å². The highest BCUT2D eigenvalue weighted by molar-refractivity contribution is 5.89. The summed E-state index contributed by atoms with van der Waals surface area (Å²) in [6.07, 6.45) is 2.58. The molecule has 1 rings (SSSR count). The van der Waals surface area contributed by atoms with Gasteiger partial charge in [0.15, 0.2) is 6.61 Å². The van der Waals surface area contributed by atoms with E-state index in [9.17, 15) is 18.4 Å². The van der Waals surface area contributed by atoms with Gasteiger partial charge in [-0.3, -0.25) is 4.79 Å². The van der Waals surface area contributed by atoms with Crippen molar-refractivity contribution in [2.45, 2.75) is 13.5 Å². The van der Waals surface area contributed by atoms with E-state index in [0.29, 0.717) is 12.1 Å². The highest BCUT2D eigenvalue weighted by Gasteiger charge is 2.04. The van der Waals surface area contributed by atoms with Crippen LogP contribution in [0.4, 0.5) is 8.78 Å². The number of amides is 1. The van der Waals surface area contributed by atoms with Crippen LogP contribution in [0, 0.1) is 0 Å². The zero-order chi connectivity index (χ0) is 15.7. The average Bonchev–Trinajstić information content (AvgIpc) is 2.44. The van der Waals surface area contributed by atoms with Crippen LogP contribution in [-0.2, 0) is 14.3 Å². The molecule has 5 nitrogen and oxygen atoms in total. The first kappa shape index (κ1) is 16.6. The van der Waals surface area contributed by atoms with Crippen molar-refractivity contribution in [2.75, 3.05) is 13.2 Å². The maximum atomic E-state index is 11.9. The van der Waals surface area contributed by atoms with Crippen LogP contribution in [0.3, 0.4) is 0 Å². The number of nitrogens with one attached hydrogen (secondary N) is 1. The first-order chi connectivity index (χ1) is 10.0. The smallest absolute Gasteiger partial charge is 0.387 e. The Balaban J connectivity index is 2.45. The van der Waals surface area contributed by atoms with Gasteiger partial charge in [-0.1, -0.05) is 12.1 Å². The second-order valence-electron chi connectivity index (χ2n) is 3.84. The third-order valence-electron chi connectivity index (χ3n) is 2.24. The summed E-state index contributed by atoms with van der Waals surface area (Å²) in [5.41, 5.74) is 0.603. The van der Waals surface area contributed by atoms with Crippen LogP contribution >= 0.6 is 0 Å². The van der Waals surface area contributed by atoms with E-state index in [2.05, 4.69) is 10.1 Å². The molecule has 0 unspecified atom stereocenters. The van der Waals surface area contributed by atoms with E-state index in [1.54, 1.807) is 6.92 Å². The molecule has 0 atom stereocenters. The van der Waals surface area contributed by atoms with Gasteiger partial charge in [-0.25, -0.2) is 4.79 Å². The summed E-state index contributed by atoms with van der Waals surface area (Å²) in [5, 5.41) is 2.48. The van der Waals surface area contributed by atoms with Gasteiger partial charge in [-0.2, -0.15) is 8.78 Å². The minimum atomic E-state index is -2.88. The topological polar surface area (TPSA) is 64.6 Å². The Morgan fingerprint density at radius 1 is 1.29 bits per heavy atom. The quantitative estimate of drug-likeness (QED) is 0.617. The van der Waals surface area contributed by atoms with Crippen molar-refractivity contribution in [3.05, 3.63) is 35.9 Å². The number of carbonyl (C=O) groups is 2. The Morgan fingerprint density at radius 3 is 2.52 bits per heavy atom. The molecule has 0 bridgehead atoms. The molecule has 1 N–H and O–H groups in total. The lowest BCUT2D eigenvalue weighted by atomic mass is 10.2. The predicted octanol–water partition coefficient (Wildman–Crippen LogP) is 1.98. The molecule has 114 valence electrons. The third kappa shape index (κ3) is 7.05. The van der Waals surface area contributed by atoms with Crippen molar-refractivity contribution < 1.29 is 27.8 Å². The lowest BCUT2D eigenvalue weighted by Crippen LogP contribution is -2.28. The van der Waals surface area contributed by atoms with E-state index in [1.165, 1.54) is 30.3 Å². The van der Waals surface area contributed by atoms with Gasteiger partial charge in [0.2, 0.25) is 0 Å². The molecule has 0 radical (unpaired) electrons. The molecule has 1 amide bonds. The third-order valence-corrected chi connectivity index (χ3v) is 2.24. The second-order valence-corrected chi connectivity index (χ2v) is 3.84. The summed E-state index contributed by atoms with van der Waals surface area (Å²) in [7, 11) is 0.